The van der Waals surface area contributed by atoms with Gasteiger partial charge in [-0.2, -0.15) is 0 Å². The van der Waals surface area contributed by atoms with E-state index in [4.69, 9.17) is 20.3 Å². The Morgan fingerprint density at radius 1 is 1.29 bits per heavy atom. The van der Waals surface area contributed by atoms with Crippen molar-refractivity contribution in [2.45, 2.75) is 12.8 Å². The lowest BCUT2D eigenvalue weighted by Crippen LogP contribution is -2.21. The highest BCUT2D eigenvalue weighted by molar-refractivity contribution is 5.94. The van der Waals surface area contributed by atoms with Crippen molar-refractivity contribution in [1.82, 2.24) is 4.90 Å². The van der Waals surface area contributed by atoms with Crippen LogP contribution in [0.2, 0.25) is 0 Å². The second-order valence-corrected chi connectivity index (χ2v) is 4.64. The van der Waals surface area contributed by atoms with Gasteiger partial charge >= 0.3 is 5.97 Å². The highest BCUT2D eigenvalue weighted by Crippen LogP contribution is 2.32. The van der Waals surface area contributed by atoms with E-state index in [0.717, 1.165) is 0 Å². The Labute approximate surface area is 123 Å². The first-order valence-electron chi connectivity index (χ1n) is 6.40. The van der Waals surface area contributed by atoms with Gasteiger partial charge in [0.05, 0.1) is 25.0 Å². The number of carboxylic acid groups (broad SMARTS) is 1. The summed E-state index contributed by atoms with van der Waals surface area (Å²) in [6, 6.07) is 2.73. The van der Waals surface area contributed by atoms with Crippen molar-refractivity contribution in [3.8, 4) is 11.5 Å². The lowest BCUT2D eigenvalue weighted by Gasteiger charge is -2.13. The molecular formula is C14H20N2O5. The highest BCUT2D eigenvalue weighted by atomic mass is 16.5. The maximum atomic E-state index is 11.4. The van der Waals surface area contributed by atoms with Crippen LogP contribution in [-0.4, -0.2) is 49.7 Å². The van der Waals surface area contributed by atoms with Gasteiger partial charge < -0.3 is 25.2 Å². The lowest BCUT2D eigenvalue weighted by atomic mass is 10.1. The summed E-state index contributed by atoms with van der Waals surface area (Å²) in [4.78, 5) is 24.0. The molecule has 0 radical (unpaired) electrons. The summed E-state index contributed by atoms with van der Waals surface area (Å²) in [6.07, 6.45) is 0.878. The van der Waals surface area contributed by atoms with E-state index in [2.05, 4.69) is 0 Å². The molecule has 7 heteroatoms. The number of carboxylic acids is 1. The minimum atomic E-state index is -1.14. The van der Waals surface area contributed by atoms with E-state index in [-0.39, 0.29) is 23.8 Å². The minimum Gasteiger partial charge on any atom is -0.493 e. The van der Waals surface area contributed by atoms with Gasteiger partial charge in [0.25, 0.3) is 0 Å². The van der Waals surface area contributed by atoms with Gasteiger partial charge in [0, 0.05) is 32.6 Å². The van der Waals surface area contributed by atoms with Gasteiger partial charge in [0.15, 0.2) is 11.5 Å². The van der Waals surface area contributed by atoms with E-state index in [0.29, 0.717) is 24.3 Å². The number of nitrogens with zero attached hydrogens (tertiary/aromatic N) is 1. The van der Waals surface area contributed by atoms with Crippen molar-refractivity contribution in [2.75, 3.05) is 33.5 Å². The van der Waals surface area contributed by atoms with Crippen LogP contribution >= 0.6 is 0 Å². The summed E-state index contributed by atoms with van der Waals surface area (Å²) in [5.41, 5.74) is 5.69. The smallest absolute Gasteiger partial charge is 0.337 e. The first-order chi connectivity index (χ1) is 9.86. The summed E-state index contributed by atoms with van der Waals surface area (Å²) in [5, 5.41) is 9.03. The summed E-state index contributed by atoms with van der Waals surface area (Å²) < 4.78 is 10.6. The number of benzene rings is 1. The van der Waals surface area contributed by atoms with E-state index in [1.165, 1.54) is 24.1 Å². The van der Waals surface area contributed by atoms with E-state index >= 15 is 0 Å². The molecule has 3 N–H and O–H groups in total. The van der Waals surface area contributed by atoms with Gasteiger partial charge in [-0.1, -0.05) is 0 Å². The third-order valence-corrected chi connectivity index (χ3v) is 2.86. The quantitative estimate of drug-likeness (QED) is 0.579. The van der Waals surface area contributed by atoms with Crippen molar-refractivity contribution in [3.05, 3.63) is 17.7 Å². The Hall–Kier alpha value is -2.44. The number of ether oxygens (including phenoxy) is 2. The van der Waals surface area contributed by atoms with Gasteiger partial charge in [-0.15, -0.1) is 0 Å². The Morgan fingerprint density at radius 3 is 2.48 bits per heavy atom. The molecule has 7 nitrogen and oxygen atoms in total. The van der Waals surface area contributed by atoms with E-state index in [1.807, 2.05) is 0 Å². The fourth-order valence-electron chi connectivity index (χ4n) is 1.66. The van der Waals surface area contributed by atoms with Crippen molar-refractivity contribution in [1.29, 1.82) is 0 Å². The molecule has 0 aliphatic carbocycles. The minimum absolute atomic E-state index is 0.00842. The molecule has 0 aliphatic rings. The number of hydrogen-bond acceptors (Lipinski definition) is 5. The predicted molar refractivity (Wildman–Crippen MR) is 77.8 cm³/mol. The van der Waals surface area contributed by atoms with Crippen LogP contribution < -0.4 is 15.2 Å². The Balaban J connectivity index is 2.71. The lowest BCUT2D eigenvalue weighted by molar-refractivity contribution is -0.128. The van der Waals surface area contributed by atoms with Gasteiger partial charge in [0.1, 0.15) is 0 Å². The molecule has 0 spiro atoms. The third-order valence-electron chi connectivity index (χ3n) is 2.86. The maximum absolute atomic E-state index is 11.4. The van der Waals surface area contributed by atoms with Crippen molar-refractivity contribution < 1.29 is 24.2 Å². The number of nitrogen functional groups attached to an aromatic ring is 1. The molecule has 0 aromatic heterocycles. The zero-order valence-corrected chi connectivity index (χ0v) is 12.4. The molecule has 0 unspecified atom stereocenters. The van der Waals surface area contributed by atoms with E-state index in [1.54, 1.807) is 14.1 Å². The number of nitrogens with two attached hydrogens (primary N) is 1. The first kappa shape index (κ1) is 16.6. The van der Waals surface area contributed by atoms with Gasteiger partial charge in [0.2, 0.25) is 5.91 Å². The monoisotopic (exact) mass is 296 g/mol. The van der Waals surface area contributed by atoms with Crippen molar-refractivity contribution in [3.63, 3.8) is 0 Å². The van der Waals surface area contributed by atoms with Crippen molar-refractivity contribution >= 4 is 17.6 Å². The molecule has 116 valence electrons. The first-order valence-corrected chi connectivity index (χ1v) is 6.40. The molecule has 1 amide bonds. The van der Waals surface area contributed by atoms with Crippen LogP contribution in [0.3, 0.4) is 0 Å². The normalized spacial score (nSPS) is 10.0. The fourth-order valence-corrected chi connectivity index (χ4v) is 1.66. The van der Waals surface area contributed by atoms with Crippen LogP contribution in [0.15, 0.2) is 12.1 Å². The number of rotatable bonds is 7. The van der Waals surface area contributed by atoms with Crippen LogP contribution in [-0.2, 0) is 4.79 Å². The summed E-state index contributed by atoms with van der Waals surface area (Å²) in [7, 11) is 4.81. The average Bonchev–Trinajstić information content (AvgIpc) is 2.43. The summed E-state index contributed by atoms with van der Waals surface area (Å²) >= 11 is 0. The summed E-state index contributed by atoms with van der Waals surface area (Å²) in [6.45, 7) is 0.277. The number of amides is 1. The zero-order valence-electron chi connectivity index (χ0n) is 12.4. The second-order valence-electron chi connectivity index (χ2n) is 4.64. The largest absolute Gasteiger partial charge is 0.493 e. The van der Waals surface area contributed by atoms with Gasteiger partial charge in [-0.25, -0.2) is 4.79 Å². The van der Waals surface area contributed by atoms with E-state index < -0.39 is 5.97 Å². The van der Waals surface area contributed by atoms with E-state index in [9.17, 15) is 9.59 Å². The number of carbonyl (C=O) groups is 2. The van der Waals surface area contributed by atoms with Crippen LogP contribution in [0, 0.1) is 0 Å². The van der Waals surface area contributed by atoms with Crippen LogP contribution in [0.25, 0.3) is 0 Å². The molecule has 1 aromatic rings. The Bertz CT molecular complexity index is 528. The van der Waals surface area contributed by atoms with Crippen LogP contribution in [0.1, 0.15) is 23.2 Å². The molecule has 21 heavy (non-hydrogen) atoms. The number of carbonyl (C=O) groups excluding carboxylic acids is 1. The fraction of sp³-hybridized carbons (Fsp3) is 0.429. The molecule has 0 atom stereocenters. The predicted octanol–water partition coefficient (Wildman–Crippen LogP) is 1.22. The third kappa shape index (κ3) is 4.55. The molecule has 0 aliphatic heterocycles. The molecule has 0 saturated heterocycles. The SMILES string of the molecule is COc1cc(N)c(C(=O)O)cc1OCCCC(=O)N(C)C. The summed E-state index contributed by atoms with van der Waals surface area (Å²) in [5.74, 6) is -0.477. The molecular weight excluding hydrogens is 276 g/mol. The van der Waals surface area contributed by atoms with Crippen LogP contribution in [0.4, 0.5) is 5.69 Å². The average molecular weight is 296 g/mol. The Kier molecular flexibility index (Phi) is 5.83. The maximum Gasteiger partial charge on any atom is 0.337 e. The molecule has 0 fully saturated rings. The molecule has 1 rings (SSSR count). The van der Waals surface area contributed by atoms with Gasteiger partial charge in [-0.3, -0.25) is 4.79 Å². The molecule has 0 heterocycles. The zero-order chi connectivity index (χ0) is 16.0. The molecule has 0 bridgehead atoms. The Morgan fingerprint density at radius 2 is 1.95 bits per heavy atom. The van der Waals surface area contributed by atoms with Gasteiger partial charge in [-0.05, 0) is 6.42 Å². The number of methoxy groups -OCH3 is 1. The second kappa shape index (κ2) is 7.37. The van der Waals surface area contributed by atoms with Crippen molar-refractivity contribution in [2.24, 2.45) is 0 Å². The number of aromatic carboxylic acids is 1. The topological polar surface area (TPSA) is 102 Å². The standard InChI is InChI=1S/C14H20N2O5/c1-16(2)13(17)5-4-6-21-12-7-9(14(18)19)10(15)8-11(12)20-3/h7-8H,4-6,15H2,1-3H3,(H,18,19). The highest BCUT2D eigenvalue weighted by Gasteiger charge is 2.15. The van der Waals surface area contributed by atoms with Crippen LogP contribution in [0.5, 0.6) is 11.5 Å². The molecule has 1 aromatic carbocycles. The molecule has 0 saturated carbocycles. The number of hydrogen-bond donors (Lipinski definition) is 2. The number of anilines is 1.